The van der Waals surface area contributed by atoms with E-state index in [2.05, 4.69) is 19.2 Å². The summed E-state index contributed by atoms with van der Waals surface area (Å²) in [6.45, 7) is 4.76. The Labute approximate surface area is 148 Å². The summed E-state index contributed by atoms with van der Waals surface area (Å²) >= 11 is 0. The van der Waals surface area contributed by atoms with E-state index in [4.69, 9.17) is 13.9 Å². The molecule has 1 amide bonds. The number of methoxy groups -OCH3 is 2. The number of rotatable bonds is 7. The molecular formula is C20H25NO4. The predicted molar refractivity (Wildman–Crippen MR) is 95.1 cm³/mol. The maximum absolute atomic E-state index is 12.4. The maximum Gasteiger partial charge on any atom is 0.223 e. The largest absolute Gasteiger partial charge is 0.493 e. The molecule has 1 aliphatic rings. The molecule has 0 saturated heterocycles. The zero-order chi connectivity index (χ0) is 18.0. The average Bonchev–Trinajstić information content (AvgIpc) is 3.24. The minimum atomic E-state index is -0.218. The van der Waals surface area contributed by atoms with Crippen molar-refractivity contribution < 1.29 is 18.7 Å². The summed E-state index contributed by atoms with van der Waals surface area (Å²) in [4.78, 5) is 12.4. The minimum Gasteiger partial charge on any atom is -0.493 e. The number of hydrogen-bond acceptors (Lipinski definition) is 4. The molecule has 1 saturated carbocycles. The molecule has 1 heterocycles. The molecular weight excluding hydrogens is 318 g/mol. The highest BCUT2D eigenvalue weighted by atomic mass is 16.5. The molecule has 0 radical (unpaired) electrons. The molecule has 25 heavy (non-hydrogen) atoms. The first-order chi connectivity index (χ1) is 12.0. The molecule has 0 spiro atoms. The lowest BCUT2D eigenvalue weighted by Gasteiger charge is -2.26. The van der Waals surface area contributed by atoms with Crippen molar-refractivity contribution in [1.29, 1.82) is 0 Å². The van der Waals surface area contributed by atoms with Crippen molar-refractivity contribution in [1.82, 2.24) is 5.32 Å². The van der Waals surface area contributed by atoms with Crippen LogP contribution in [0.5, 0.6) is 11.5 Å². The molecule has 2 unspecified atom stereocenters. The number of ether oxygens (including phenoxy) is 2. The van der Waals surface area contributed by atoms with E-state index in [1.54, 1.807) is 20.5 Å². The molecule has 3 rings (SSSR count). The van der Waals surface area contributed by atoms with Gasteiger partial charge in [-0.05, 0) is 36.2 Å². The average molecular weight is 343 g/mol. The number of benzene rings is 1. The highest BCUT2D eigenvalue weighted by molar-refractivity contribution is 5.82. The van der Waals surface area contributed by atoms with E-state index in [9.17, 15) is 4.79 Å². The molecule has 1 N–H and O–H groups in total. The van der Waals surface area contributed by atoms with Crippen LogP contribution in [0.2, 0.25) is 0 Å². The van der Waals surface area contributed by atoms with Gasteiger partial charge in [-0.15, -0.1) is 0 Å². The summed E-state index contributed by atoms with van der Waals surface area (Å²) < 4.78 is 16.1. The van der Waals surface area contributed by atoms with Crippen molar-refractivity contribution in [3.8, 4) is 11.5 Å². The predicted octanol–water partition coefficient (Wildman–Crippen LogP) is 3.49. The minimum absolute atomic E-state index is 0.0207. The summed E-state index contributed by atoms with van der Waals surface area (Å²) in [6.07, 6.45) is 2.51. The van der Waals surface area contributed by atoms with E-state index in [1.807, 2.05) is 30.3 Å². The van der Waals surface area contributed by atoms with Gasteiger partial charge in [0.15, 0.2) is 11.5 Å². The quantitative estimate of drug-likeness (QED) is 0.836. The van der Waals surface area contributed by atoms with Gasteiger partial charge >= 0.3 is 0 Å². The second kappa shape index (κ2) is 6.82. The van der Waals surface area contributed by atoms with E-state index < -0.39 is 0 Å². The molecule has 134 valence electrons. The Morgan fingerprint density at radius 2 is 2.00 bits per heavy atom. The third-order valence-electron chi connectivity index (χ3n) is 4.91. The Balaban J connectivity index is 1.61. The fourth-order valence-electron chi connectivity index (χ4n) is 3.10. The molecule has 0 bridgehead atoms. The van der Waals surface area contributed by atoms with Crippen molar-refractivity contribution in [2.75, 3.05) is 20.8 Å². The maximum atomic E-state index is 12.4. The zero-order valence-corrected chi connectivity index (χ0v) is 15.2. The van der Waals surface area contributed by atoms with E-state index >= 15 is 0 Å². The van der Waals surface area contributed by atoms with E-state index in [1.165, 1.54) is 0 Å². The first-order valence-electron chi connectivity index (χ1n) is 8.50. The van der Waals surface area contributed by atoms with Gasteiger partial charge in [0, 0.05) is 23.8 Å². The third kappa shape index (κ3) is 3.65. The Morgan fingerprint density at radius 3 is 2.64 bits per heavy atom. The highest BCUT2D eigenvalue weighted by Gasteiger charge is 2.46. The molecule has 1 aromatic carbocycles. The second-order valence-electron chi connectivity index (χ2n) is 7.14. The standard InChI is InChI=1S/C20H25NO4/c1-20(2,13-7-8-17(23-3)18(10-13)24-4)12-21-19(22)15-11-14(15)16-6-5-9-25-16/h5-10,14-15H,11-12H2,1-4H3,(H,21,22). The molecule has 5 nitrogen and oxygen atoms in total. The van der Waals surface area contributed by atoms with Gasteiger partial charge in [0.2, 0.25) is 5.91 Å². The van der Waals surface area contributed by atoms with Gasteiger partial charge in [-0.1, -0.05) is 19.9 Å². The summed E-state index contributed by atoms with van der Waals surface area (Å²) in [5.41, 5.74) is 0.869. The summed E-state index contributed by atoms with van der Waals surface area (Å²) in [5, 5.41) is 3.09. The normalized spacial score (nSPS) is 19.4. The van der Waals surface area contributed by atoms with Gasteiger partial charge in [0.25, 0.3) is 0 Å². The number of furan rings is 1. The fraction of sp³-hybridized carbons (Fsp3) is 0.450. The SMILES string of the molecule is COc1ccc(C(C)(C)CNC(=O)C2CC2c2ccco2)cc1OC. The van der Waals surface area contributed by atoms with Gasteiger partial charge in [-0.3, -0.25) is 4.79 Å². The van der Waals surface area contributed by atoms with Crippen molar-refractivity contribution in [3.63, 3.8) is 0 Å². The number of carbonyl (C=O) groups is 1. The van der Waals surface area contributed by atoms with Gasteiger partial charge in [0.1, 0.15) is 5.76 Å². The van der Waals surface area contributed by atoms with Crippen LogP contribution < -0.4 is 14.8 Å². The Hall–Kier alpha value is -2.43. The summed E-state index contributed by atoms with van der Waals surface area (Å²) in [5.74, 6) is 2.63. The number of carbonyl (C=O) groups excluding carboxylic acids is 1. The van der Waals surface area contributed by atoms with Gasteiger partial charge < -0.3 is 19.2 Å². The monoisotopic (exact) mass is 343 g/mol. The summed E-state index contributed by atoms with van der Waals surface area (Å²) in [6, 6.07) is 9.67. The first kappa shape index (κ1) is 17.4. The molecule has 1 aliphatic carbocycles. The van der Waals surface area contributed by atoms with Crippen molar-refractivity contribution in [3.05, 3.63) is 47.9 Å². The van der Waals surface area contributed by atoms with Crippen LogP contribution in [0.25, 0.3) is 0 Å². The molecule has 0 aliphatic heterocycles. The van der Waals surface area contributed by atoms with Crippen LogP contribution in [0.1, 0.15) is 37.5 Å². The van der Waals surface area contributed by atoms with Crippen LogP contribution in [0.3, 0.4) is 0 Å². The smallest absolute Gasteiger partial charge is 0.223 e. The zero-order valence-electron chi connectivity index (χ0n) is 15.2. The van der Waals surface area contributed by atoms with Gasteiger partial charge in [-0.2, -0.15) is 0 Å². The van der Waals surface area contributed by atoms with Crippen LogP contribution in [0.15, 0.2) is 41.0 Å². The van der Waals surface area contributed by atoms with Crippen molar-refractivity contribution >= 4 is 5.91 Å². The van der Waals surface area contributed by atoms with Crippen LogP contribution in [0.4, 0.5) is 0 Å². The molecule has 1 fully saturated rings. The lowest BCUT2D eigenvalue weighted by Crippen LogP contribution is -2.37. The number of amides is 1. The Bertz CT molecular complexity index is 736. The molecule has 1 aromatic heterocycles. The lowest BCUT2D eigenvalue weighted by atomic mass is 9.84. The van der Waals surface area contributed by atoms with Crippen molar-refractivity contribution in [2.45, 2.75) is 31.6 Å². The molecule has 2 aromatic rings. The van der Waals surface area contributed by atoms with Crippen molar-refractivity contribution in [2.24, 2.45) is 5.92 Å². The molecule has 2 atom stereocenters. The Morgan fingerprint density at radius 1 is 1.24 bits per heavy atom. The topological polar surface area (TPSA) is 60.7 Å². The van der Waals surface area contributed by atoms with Crippen LogP contribution >= 0.6 is 0 Å². The number of nitrogens with one attached hydrogen (secondary N) is 1. The highest BCUT2D eigenvalue weighted by Crippen LogP contribution is 2.47. The third-order valence-corrected chi connectivity index (χ3v) is 4.91. The van der Waals surface area contributed by atoms with E-state index in [0.717, 1.165) is 17.7 Å². The van der Waals surface area contributed by atoms with E-state index in [0.29, 0.717) is 18.0 Å². The second-order valence-corrected chi connectivity index (χ2v) is 7.14. The fourth-order valence-corrected chi connectivity index (χ4v) is 3.10. The van der Waals surface area contributed by atoms with Gasteiger partial charge in [-0.25, -0.2) is 0 Å². The first-order valence-corrected chi connectivity index (χ1v) is 8.50. The van der Waals surface area contributed by atoms with E-state index in [-0.39, 0.29) is 23.2 Å². The molecule has 5 heteroatoms. The Kier molecular flexibility index (Phi) is 4.75. The van der Waals surface area contributed by atoms with Crippen LogP contribution in [-0.2, 0) is 10.2 Å². The van der Waals surface area contributed by atoms with Crippen LogP contribution in [-0.4, -0.2) is 26.7 Å². The number of hydrogen-bond donors (Lipinski definition) is 1. The van der Waals surface area contributed by atoms with Gasteiger partial charge in [0.05, 0.1) is 20.5 Å². The van der Waals surface area contributed by atoms with Crippen LogP contribution in [0, 0.1) is 5.92 Å². The summed E-state index contributed by atoms with van der Waals surface area (Å²) in [7, 11) is 3.24. The lowest BCUT2D eigenvalue weighted by molar-refractivity contribution is -0.122.